The molecule has 1 unspecified atom stereocenters. The number of pyridine rings is 1. The molecular formula is C16H20N2O2. The summed E-state index contributed by atoms with van der Waals surface area (Å²) in [5.74, 6) is 1.53. The van der Waals surface area contributed by atoms with Crippen molar-refractivity contribution in [3.63, 3.8) is 0 Å². The Bertz CT molecular complexity index is 541. The summed E-state index contributed by atoms with van der Waals surface area (Å²) in [4.78, 5) is 4.27. The van der Waals surface area contributed by atoms with Gasteiger partial charge < -0.3 is 15.2 Å². The maximum absolute atomic E-state index is 6.00. The molecule has 0 spiro atoms. The molecule has 2 rings (SSSR count). The van der Waals surface area contributed by atoms with Gasteiger partial charge in [0.05, 0.1) is 19.3 Å². The number of nitrogens with two attached hydrogens (primary N) is 1. The average Bonchev–Trinajstić information content (AvgIpc) is 2.47. The molecule has 0 radical (unpaired) electrons. The maximum atomic E-state index is 6.00. The zero-order valence-electron chi connectivity index (χ0n) is 11.9. The van der Waals surface area contributed by atoms with Crippen LogP contribution >= 0.6 is 0 Å². The van der Waals surface area contributed by atoms with Crippen molar-refractivity contribution in [1.29, 1.82) is 0 Å². The van der Waals surface area contributed by atoms with Crippen LogP contribution in [0.4, 0.5) is 0 Å². The van der Waals surface area contributed by atoms with Gasteiger partial charge in [0.1, 0.15) is 11.5 Å². The molecule has 0 fully saturated rings. The summed E-state index contributed by atoms with van der Waals surface area (Å²) in [6.07, 6.45) is 2.55. The van der Waals surface area contributed by atoms with Crippen molar-refractivity contribution in [3.8, 4) is 11.5 Å². The highest BCUT2D eigenvalue weighted by atomic mass is 16.5. The van der Waals surface area contributed by atoms with Crippen LogP contribution in [0.25, 0.3) is 0 Å². The Morgan fingerprint density at radius 3 is 2.60 bits per heavy atom. The van der Waals surface area contributed by atoms with Crippen molar-refractivity contribution in [3.05, 3.63) is 53.9 Å². The van der Waals surface area contributed by atoms with Crippen LogP contribution in [-0.2, 0) is 6.42 Å². The normalized spacial score (nSPS) is 11.9. The summed E-state index contributed by atoms with van der Waals surface area (Å²) >= 11 is 0. The third-order valence-corrected chi connectivity index (χ3v) is 3.04. The van der Waals surface area contributed by atoms with E-state index in [2.05, 4.69) is 4.98 Å². The lowest BCUT2D eigenvalue weighted by Gasteiger charge is -2.17. The van der Waals surface area contributed by atoms with E-state index < -0.39 is 0 Å². The highest BCUT2D eigenvalue weighted by Crippen LogP contribution is 2.32. The fourth-order valence-corrected chi connectivity index (χ4v) is 2.09. The topological polar surface area (TPSA) is 57.4 Å². The first kappa shape index (κ1) is 14.3. The van der Waals surface area contributed by atoms with Crippen LogP contribution in [0.3, 0.4) is 0 Å². The first-order chi connectivity index (χ1) is 9.72. The van der Waals surface area contributed by atoms with Gasteiger partial charge in [0.25, 0.3) is 0 Å². The lowest BCUT2D eigenvalue weighted by molar-refractivity contribution is 0.311. The van der Waals surface area contributed by atoms with E-state index in [-0.39, 0.29) is 6.04 Å². The molecule has 106 valence electrons. The fourth-order valence-electron chi connectivity index (χ4n) is 2.09. The second-order valence-electron chi connectivity index (χ2n) is 4.58. The molecule has 0 bridgehead atoms. The Hall–Kier alpha value is -2.07. The molecule has 0 amide bonds. The number of hydrogen-bond donors (Lipinski definition) is 1. The smallest absolute Gasteiger partial charge is 0.127 e. The Labute approximate surface area is 119 Å². The number of benzene rings is 1. The minimum atomic E-state index is -0.143. The van der Waals surface area contributed by atoms with Gasteiger partial charge in [0.15, 0.2) is 0 Å². The van der Waals surface area contributed by atoms with Crippen molar-refractivity contribution in [1.82, 2.24) is 4.98 Å². The fraction of sp³-hybridized carbons (Fsp3) is 0.312. The Balaban J connectivity index is 2.06. The Morgan fingerprint density at radius 1 is 1.15 bits per heavy atom. The van der Waals surface area contributed by atoms with E-state index in [1.165, 1.54) is 0 Å². The molecule has 1 aromatic carbocycles. The molecule has 0 aliphatic rings. The first-order valence-electron chi connectivity index (χ1n) is 6.67. The molecule has 1 heterocycles. The molecular weight excluding hydrogens is 252 g/mol. The minimum absolute atomic E-state index is 0.143. The summed E-state index contributed by atoms with van der Waals surface area (Å²) in [6.45, 7) is 2.48. The minimum Gasteiger partial charge on any atom is -0.496 e. The van der Waals surface area contributed by atoms with Gasteiger partial charge in [-0.15, -0.1) is 0 Å². The van der Waals surface area contributed by atoms with E-state index in [9.17, 15) is 0 Å². The summed E-state index contributed by atoms with van der Waals surface area (Å²) in [5.41, 5.74) is 7.91. The number of hydrogen-bond acceptors (Lipinski definition) is 4. The van der Waals surface area contributed by atoms with E-state index in [4.69, 9.17) is 15.2 Å². The average molecular weight is 272 g/mol. The molecule has 1 atom stereocenters. The monoisotopic (exact) mass is 272 g/mol. The summed E-state index contributed by atoms with van der Waals surface area (Å²) < 4.78 is 11.2. The maximum Gasteiger partial charge on any atom is 0.127 e. The van der Waals surface area contributed by atoms with Gasteiger partial charge in [-0.05, 0) is 31.2 Å². The zero-order chi connectivity index (χ0) is 14.4. The third-order valence-electron chi connectivity index (χ3n) is 3.04. The molecule has 4 nitrogen and oxygen atoms in total. The van der Waals surface area contributed by atoms with E-state index >= 15 is 0 Å². The molecule has 4 heteroatoms. The van der Waals surface area contributed by atoms with Crippen molar-refractivity contribution < 1.29 is 9.47 Å². The van der Waals surface area contributed by atoms with Gasteiger partial charge in [-0.2, -0.15) is 0 Å². The summed E-state index contributed by atoms with van der Waals surface area (Å²) in [5, 5.41) is 0. The standard InChI is InChI=1S/C16H20N2O2/c1-12(17)16-14(19-2)7-5-8-15(16)20-11-9-13-6-3-4-10-18-13/h3-8,10,12H,9,11,17H2,1-2H3. The molecule has 2 N–H and O–H groups in total. The van der Waals surface area contributed by atoms with Crippen molar-refractivity contribution in [2.45, 2.75) is 19.4 Å². The second kappa shape index (κ2) is 6.91. The molecule has 0 saturated heterocycles. The Kier molecular flexibility index (Phi) is 4.96. The van der Waals surface area contributed by atoms with Crippen LogP contribution in [0, 0.1) is 0 Å². The van der Waals surface area contributed by atoms with Gasteiger partial charge in [-0.3, -0.25) is 4.98 Å². The lowest BCUT2D eigenvalue weighted by Crippen LogP contribution is -2.11. The summed E-state index contributed by atoms with van der Waals surface area (Å²) in [6, 6.07) is 11.4. The zero-order valence-corrected chi connectivity index (χ0v) is 11.9. The molecule has 0 aliphatic heterocycles. The molecule has 0 saturated carbocycles. The van der Waals surface area contributed by atoms with E-state index in [1.807, 2.05) is 43.3 Å². The number of aromatic nitrogens is 1. The van der Waals surface area contributed by atoms with Gasteiger partial charge in [-0.1, -0.05) is 12.1 Å². The first-order valence-corrected chi connectivity index (χ1v) is 6.67. The number of rotatable bonds is 6. The quantitative estimate of drug-likeness (QED) is 0.878. The van der Waals surface area contributed by atoms with Gasteiger partial charge >= 0.3 is 0 Å². The van der Waals surface area contributed by atoms with Crippen LogP contribution < -0.4 is 15.2 Å². The van der Waals surface area contributed by atoms with E-state index in [0.717, 1.165) is 29.2 Å². The van der Waals surface area contributed by atoms with E-state index in [1.54, 1.807) is 13.3 Å². The van der Waals surface area contributed by atoms with Gasteiger partial charge in [-0.25, -0.2) is 0 Å². The number of methoxy groups -OCH3 is 1. The van der Waals surface area contributed by atoms with Crippen molar-refractivity contribution >= 4 is 0 Å². The summed E-state index contributed by atoms with van der Waals surface area (Å²) in [7, 11) is 1.64. The number of nitrogens with zero attached hydrogens (tertiary/aromatic N) is 1. The highest BCUT2D eigenvalue weighted by Gasteiger charge is 2.14. The molecule has 0 aliphatic carbocycles. The van der Waals surface area contributed by atoms with Crippen molar-refractivity contribution in [2.24, 2.45) is 5.73 Å². The predicted molar refractivity (Wildman–Crippen MR) is 79.0 cm³/mol. The molecule has 2 aromatic rings. The lowest BCUT2D eigenvalue weighted by atomic mass is 10.1. The molecule has 20 heavy (non-hydrogen) atoms. The highest BCUT2D eigenvalue weighted by molar-refractivity contribution is 5.46. The number of ether oxygens (including phenoxy) is 2. The van der Waals surface area contributed by atoms with Crippen LogP contribution in [0.5, 0.6) is 11.5 Å². The Morgan fingerprint density at radius 2 is 1.95 bits per heavy atom. The largest absolute Gasteiger partial charge is 0.496 e. The van der Waals surface area contributed by atoms with Crippen LogP contribution in [0.2, 0.25) is 0 Å². The van der Waals surface area contributed by atoms with Crippen LogP contribution in [-0.4, -0.2) is 18.7 Å². The van der Waals surface area contributed by atoms with Gasteiger partial charge in [0, 0.05) is 24.4 Å². The van der Waals surface area contributed by atoms with Crippen LogP contribution in [0.1, 0.15) is 24.2 Å². The van der Waals surface area contributed by atoms with E-state index in [0.29, 0.717) is 6.61 Å². The van der Waals surface area contributed by atoms with Crippen molar-refractivity contribution in [2.75, 3.05) is 13.7 Å². The molecule has 1 aromatic heterocycles. The second-order valence-corrected chi connectivity index (χ2v) is 4.58. The van der Waals surface area contributed by atoms with Gasteiger partial charge in [0.2, 0.25) is 0 Å². The third kappa shape index (κ3) is 3.48. The van der Waals surface area contributed by atoms with Crippen LogP contribution in [0.15, 0.2) is 42.6 Å². The predicted octanol–water partition coefficient (Wildman–Crippen LogP) is 2.73. The SMILES string of the molecule is COc1cccc(OCCc2ccccn2)c1C(C)N.